The number of alkyl halides is 3. The van der Waals surface area contributed by atoms with E-state index in [1.165, 1.54) is 18.2 Å². The maximum Gasteiger partial charge on any atom is 0.416 e. The predicted molar refractivity (Wildman–Crippen MR) is 56.7 cm³/mol. The van der Waals surface area contributed by atoms with Crippen LogP contribution in [0.2, 0.25) is 0 Å². The quantitative estimate of drug-likeness (QED) is 0.649. The lowest BCUT2D eigenvalue weighted by atomic mass is 10.1. The van der Waals surface area contributed by atoms with Crippen LogP contribution in [0.3, 0.4) is 0 Å². The van der Waals surface area contributed by atoms with Gasteiger partial charge in [0.05, 0.1) is 23.3 Å². The molecule has 1 atom stereocenters. The minimum atomic E-state index is -4.48. The molecule has 3 nitrogen and oxygen atoms in total. The minimum Gasteiger partial charge on any atom is -0.373 e. The third-order valence-electron chi connectivity index (χ3n) is 2.08. The molecule has 1 aromatic rings. The molecule has 18 heavy (non-hydrogen) atoms. The highest BCUT2D eigenvalue weighted by molar-refractivity contribution is 5.60. The van der Waals surface area contributed by atoms with Crippen molar-refractivity contribution in [3.8, 4) is 12.1 Å². The smallest absolute Gasteiger partial charge is 0.373 e. The second kappa shape index (κ2) is 5.35. The molecule has 0 radical (unpaired) electrons. The third kappa shape index (κ3) is 3.34. The highest BCUT2D eigenvalue weighted by Gasteiger charge is 2.30. The molecular weight excluding hydrogens is 245 g/mol. The predicted octanol–water partition coefficient (Wildman–Crippen LogP) is 2.50. The summed E-state index contributed by atoms with van der Waals surface area (Å²) in [6.07, 6.45) is -5.09. The van der Waals surface area contributed by atoms with Gasteiger partial charge in [-0.3, -0.25) is 0 Å². The normalized spacial score (nSPS) is 13.6. The van der Waals surface area contributed by atoms with Crippen LogP contribution in [0.15, 0.2) is 29.8 Å². The molecule has 1 aromatic carbocycles. The van der Waals surface area contributed by atoms with Crippen LogP contribution < -0.4 is 0 Å². The van der Waals surface area contributed by atoms with Crippen molar-refractivity contribution in [2.45, 2.75) is 12.3 Å². The highest BCUT2D eigenvalue weighted by Crippen LogP contribution is 2.30. The summed E-state index contributed by atoms with van der Waals surface area (Å²) in [5.74, 6) is 0. The molecule has 0 spiro atoms. The molecule has 0 bridgehead atoms. The summed E-state index contributed by atoms with van der Waals surface area (Å²) in [4.78, 5) is 0. The van der Waals surface area contributed by atoms with Crippen molar-refractivity contribution < 1.29 is 18.3 Å². The van der Waals surface area contributed by atoms with Crippen LogP contribution in [-0.2, 0) is 6.18 Å². The van der Waals surface area contributed by atoms with Crippen LogP contribution in [0.1, 0.15) is 11.1 Å². The lowest BCUT2D eigenvalue weighted by Crippen LogP contribution is -2.06. The number of nitrogens with zero attached hydrogens (tertiary/aromatic N) is 2. The molecule has 92 valence electrons. The maximum atomic E-state index is 12.4. The first-order valence-electron chi connectivity index (χ1n) is 4.75. The Hall–Kier alpha value is -2.31. The molecule has 0 saturated carbocycles. The summed E-state index contributed by atoms with van der Waals surface area (Å²) < 4.78 is 37.3. The van der Waals surface area contributed by atoms with Crippen LogP contribution in [0, 0.1) is 22.7 Å². The van der Waals surface area contributed by atoms with Crippen LogP contribution in [0.25, 0.3) is 6.08 Å². The van der Waals surface area contributed by atoms with Crippen molar-refractivity contribution in [2.75, 3.05) is 0 Å². The molecule has 0 fully saturated rings. The van der Waals surface area contributed by atoms with Gasteiger partial charge in [-0.05, 0) is 23.8 Å². The summed E-state index contributed by atoms with van der Waals surface area (Å²) in [5.41, 5.74) is -1.08. The Morgan fingerprint density at radius 2 is 2.00 bits per heavy atom. The Kier molecular flexibility index (Phi) is 4.09. The Bertz CT molecular complexity index is 550. The van der Waals surface area contributed by atoms with E-state index in [9.17, 15) is 13.2 Å². The van der Waals surface area contributed by atoms with Crippen molar-refractivity contribution >= 4 is 6.08 Å². The Morgan fingerprint density at radius 1 is 1.33 bits per heavy atom. The summed E-state index contributed by atoms with van der Waals surface area (Å²) in [6, 6.07) is 7.24. The topological polar surface area (TPSA) is 67.8 Å². The molecule has 0 aliphatic carbocycles. The number of halogens is 3. The van der Waals surface area contributed by atoms with Gasteiger partial charge in [-0.15, -0.1) is 0 Å². The van der Waals surface area contributed by atoms with Crippen molar-refractivity contribution in [1.82, 2.24) is 0 Å². The van der Waals surface area contributed by atoms with E-state index in [0.29, 0.717) is 0 Å². The van der Waals surface area contributed by atoms with E-state index >= 15 is 0 Å². The van der Waals surface area contributed by atoms with Crippen LogP contribution in [-0.4, -0.2) is 11.2 Å². The zero-order chi connectivity index (χ0) is 13.8. The molecule has 1 unspecified atom stereocenters. The van der Waals surface area contributed by atoms with Crippen LogP contribution >= 0.6 is 0 Å². The fraction of sp³-hybridized carbons (Fsp3) is 0.167. The van der Waals surface area contributed by atoms with Crippen LogP contribution in [0.5, 0.6) is 0 Å². The number of aliphatic hydroxyl groups excluding tert-OH is 1. The number of rotatable bonds is 2. The molecule has 0 heterocycles. The number of hydrogen-bond acceptors (Lipinski definition) is 3. The molecular formula is C12H7F3N2O. The third-order valence-corrected chi connectivity index (χ3v) is 2.08. The zero-order valence-corrected chi connectivity index (χ0v) is 8.94. The summed E-state index contributed by atoms with van der Waals surface area (Å²) in [7, 11) is 0. The second-order valence-electron chi connectivity index (χ2n) is 3.37. The summed E-state index contributed by atoms with van der Waals surface area (Å²) in [5, 5.41) is 26.2. The SMILES string of the molecule is N#C/C(=C\c1cccc(C(F)(F)F)c1)C(O)C#N. The average molecular weight is 252 g/mol. The Morgan fingerprint density at radius 3 is 2.50 bits per heavy atom. The second-order valence-corrected chi connectivity index (χ2v) is 3.37. The van der Waals surface area contributed by atoms with Crippen molar-refractivity contribution in [1.29, 1.82) is 10.5 Å². The van der Waals surface area contributed by atoms with E-state index in [2.05, 4.69) is 0 Å². The summed E-state index contributed by atoms with van der Waals surface area (Å²) in [6.45, 7) is 0. The molecule has 1 N–H and O–H groups in total. The van der Waals surface area contributed by atoms with Gasteiger partial charge in [-0.2, -0.15) is 23.7 Å². The molecule has 1 rings (SSSR count). The van der Waals surface area contributed by atoms with Crippen molar-refractivity contribution in [2.24, 2.45) is 0 Å². The van der Waals surface area contributed by atoms with Gasteiger partial charge in [0, 0.05) is 0 Å². The fourth-order valence-electron chi connectivity index (χ4n) is 1.23. The minimum absolute atomic E-state index is 0.0932. The van der Waals surface area contributed by atoms with E-state index in [1.807, 2.05) is 0 Å². The van der Waals surface area contributed by atoms with Gasteiger partial charge in [0.25, 0.3) is 0 Å². The van der Waals surface area contributed by atoms with Gasteiger partial charge in [0.2, 0.25) is 0 Å². The standard InChI is InChI=1S/C12H7F3N2O/c13-12(14,15)10-3-1-2-8(5-10)4-9(6-16)11(18)7-17/h1-5,11,18H/b9-4+. The van der Waals surface area contributed by atoms with E-state index in [4.69, 9.17) is 15.6 Å². The van der Waals surface area contributed by atoms with Gasteiger partial charge in [0.1, 0.15) is 0 Å². The van der Waals surface area contributed by atoms with E-state index < -0.39 is 17.8 Å². The van der Waals surface area contributed by atoms with Gasteiger partial charge in [0.15, 0.2) is 6.10 Å². The van der Waals surface area contributed by atoms with E-state index in [0.717, 1.165) is 18.2 Å². The zero-order valence-electron chi connectivity index (χ0n) is 8.94. The molecule has 0 aliphatic heterocycles. The number of nitriles is 2. The lowest BCUT2D eigenvalue weighted by molar-refractivity contribution is -0.137. The van der Waals surface area contributed by atoms with Crippen molar-refractivity contribution in [3.63, 3.8) is 0 Å². The lowest BCUT2D eigenvalue weighted by Gasteiger charge is -2.07. The maximum absolute atomic E-state index is 12.4. The first kappa shape index (κ1) is 13.8. The first-order valence-corrected chi connectivity index (χ1v) is 4.75. The van der Waals surface area contributed by atoms with Gasteiger partial charge in [-0.25, -0.2) is 0 Å². The number of aliphatic hydroxyl groups is 1. The van der Waals surface area contributed by atoms with Gasteiger partial charge >= 0.3 is 6.18 Å². The van der Waals surface area contributed by atoms with E-state index in [-0.39, 0.29) is 11.1 Å². The fourth-order valence-corrected chi connectivity index (χ4v) is 1.23. The Labute approximate surface area is 101 Å². The largest absolute Gasteiger partial charge is 0.416 e. The molecule has 6 heteroatoms. The molecule has 0 amide bonds. The molecule has 0 saturated heterocycles. The van der Waals surface area contributed by atoms with Crippen LogP contribution in [0.4, 0.5) is 13.2 Å². The molecule has 0 aromatic heterocycles. The summed E-state index contributed by atoms with van der Waals surface area (Å²) >= 11 is 0. The van der Waals surface area contributed by atoms with Crippen molar-refractivity contribution in [3.05, 3.63) is 41.0 Å². The van der Waals surface area contributed by atoms with Gasteiger partial charge < -0.3 is 5.11 Å². The highest BCUT2D eigenvalue weighted by atomic mass is 19.4. The monoisotopic (exact) mass is 252 g/mol. The molecule has 0 aliphatic rings. The number of benzene rings is 1. The van der Waals surface area contributed by atoms with Gasteiger partial charge in [-0.1, -0.05) is 12.1 Å². The number of hydrogen-bond donors (Lipinski definition) is 1. The van der Waals surface area contributed by atoms with E-state index in [1.54, 1.807) is 6.07 Å². The first-order chi connectivity index (χ1) is 8.38. The Balaban J connectivity index is 3.17. The average Bonchev–Trinajstić information content (AvgIpc) is 2.34.